The summed E-state index contributed by atoms with van der Waals surface area (Å²) in [5.74, 6) is 0.00893. The number of aromatic nitrogens is 6. The van der Waals surface area contributed by atoms with Crippen LogP contribution in [0.25, 0.3) is 11.6 Å². The fourth-order valence-corrected chi connectivity index (χ4v) is 3.61. The highest BCUT2D eigenvalue weighted by Gasteiger charge is 2.18. The van der Waals surface area contributed by atoms with Gasteiger partial charge in [0.2, 0.25) is 0 Å². The lowest BCUT2D eigenvalue weighted by Crippen LogP contribution is -2.10. The zero-order valence-electron chi connectivity index (χ0n) is 24.0. The number of ether oxygens (including phenoxy) is 1. The van der Waals surface area contributed by atoms with E-state index in [1.807, 2.05) is 38.6 Å². The summed E-state index contributed by atoms with van der Waals surface area (Å²) in [6.45, 7) is 16.5. The smallest absolute Gasteiger partial charge is 0.339 e. The van der Waals surface area contributed by atoms with E-state index in [-0.39, 0.29) is 22.4 Å². The van der Waals surface area contributed by atoms with Gasteiger partial charge in [-0.1, -0.05) is 41.5 Å². The standard InChI is InChI=1S/C15H19N3O2.C14H17N3O2/c1-10-6-11(14(19)20-5)7-16-13(10)18-9-12(8-17-18)15(2,3)4;1-9-5-10(13(18)19)6-15-12(9)17-8-11(7-16-17)14(2,3)4/h6-9H,1-5H3;5-8H,1-4H3,(H,18,19). The maximum absolute atomic E-state index is 11.5. The molecule has 4 rings (SSSR count). The number of rotatable bonds is 4. The Hall–Kier alpha value is -4.34. The number of pyridine rings is 2. The van der Waals surface area contributed by atoms with Gasteiger partial charge >= 0.3 is 11.9 Å². The van der Waals surface area contributed by atoms with Gasteiger partial charge in [0.05, 0.1) is 30.6 Å². The molecule has 0 aliphatic rings. The fraction of sp³-hybridized carbons (Fsp3) is 0.379. The van der Waals surface area contributed by atoms with Crippen LogP contribution in [0.2, 0.25) is 0 Å². The third kappa shape index (κ3) is 6.95. The largest absolute Gasteiger partial charge is 0.478 e. The number of hydrogen-bond acceptors (Lipinski definition) is 7. The molecule has 4 aromatic heterocycles. The van der Waals surface area contributed by atoms with Gasteiger partial charge in [-0.2, -0.15) is 10.2 Å². The first-order valence-electron chi connectivity index (χ1n) is 12.5. The van der Waals surface area contributed by atoms with Crippen LogP contribution in [0.5, 0.6) is 0 Å². The number of esters is 1. The topological polar surface area (TPSA) is 125 Å². The molecule has 4 aromatic rings. The van der Waals surface area contributed by atoms with Crippen LogP contribution in [0.15, 0.2) is 49.3 Å². The molecule has 0 aliphatic heterocycles. The van der Waals surface area contributed by atoms with E-state index >= 15 is 0 Å². The second-order valence-electron chi connectivity index (χ2n) is 11.4. The lowest BCUT2D eigenvalue weighted by Gasteiger charge is -2.15. The Kier molecular flexibility index (Phi) is 8.38. The molecule has 206 valence electrons. The highest BCUT2D eigenvalue weighted by molar-refractivity contribution is 5.89. The number of carbonyl (C=O) groups excluding carboxylic acids is 1. The quantitative estimate of drug-likeness (QED) is 0.354. The Balaban J connectivity index is 0.000000216. The fourth-order valence-electron chi connectivity index (χ4n) is 3.61. The van der Waals surface area contributed by atoms with Crippen LogP contribution >= 0.6 is 0 Å². The molecule has 1 N–H and O–H groups in total. The maximum Gasteiger partial charge on any atom is 0.339 e. The normalized spacial score (nSPS) is 11.5. The average Bonchev–Trinajstić information content (AvgIpc) is 3.54. The van der Waals surface area contributed by atoms with E-state index in [9.17, 15) is 9.59 Å². The Bertz CT molecular complexity index is 1490. The summed E-state index contributed by atoms with van der Waals surface area (Å²) in [6, 6.07) is 3.36. The van der Waals surface area contributed by atoms with Crippen LogP contribution in [-0.4, -0.2) is 53.7 Å². The predicted octanol–water partition coefficient (Wildman–Crippen LogP) is 5.23. The zero-order valence-corrected chi connectivity index (χ0v) is 24.0. The molecule has 10 heteroatoms. The van der Waals surface area contributed by atoms with Crippen molar-refractivity contribution < 1.29 is 19.4 Å². The predicted molar refractivity (Wildman–Crippen MR) is 148 cm³/mol. The van der Waals surface area contributed by atoms with Gasteiger partial charge in [0.25, 0.3) is 0 Å². The van der Waals surface area contributed by atoms with E-state index < -0.39 is 5.97 Å². The summed E-state index contributed by atoms with van der Waals surface area (Å²) < 4.78 is 8.10. The van der Waals surface area contributed by atoms with Crippen LogP contribution in [-0.2, 0) is 15.6 Å². The van der Waals surface area contributed by atoms with Gasteiger partial charge in [0, 0.05) is 24.8 Å². The summed E-state index contributed by atoms with van der Waals surface area (Å²) in [5.41, 5.74) is 4.58. The zero-order chi connectivity index (χ0) is 29.1. The van der Waals surface area contributed by atoms with Crippen molar-refractivity contribution in [3.05, 3.63) is 82.7 Å². The summed E-state index contributed by atoms with van der Waals surface area (Å²) in [5, 5.41) is 17.6. The number of methoxy groups -OCH3 is 1. The van der Waals surface area contributed by atoms with Gasteiger partial charge in [-0.25, -0.2) is 28.9 Å². The highest BCUT2D eigenvalue weighted by Crippen LogP contribution is 2.24. The molecule has 39 heavy (non-hydrogen) atoms. The van der Waals surface area contributed by atoms with Crippen molar-refractivity contribution in [2.45, 2.75) is 66.2 Å². The average molecular weight is 533 g/mol. The minimum absolute atomic E-state index is 0.0210. The summed E-state index contributed by atoms with van der Waals surface area (Å²) in [4.78, 5) is 30.8. The van der Waals surface area contributed by atoms with E-state index in [2.05, 4.69) is 66.4 Å². The molecule has 0 spiro atoms. The number of aromatic carboxylic acids is 1. The van der Waals surface area contributed by atoms with Gasteiger partial charge < -0.3 is 9.84 Å². The highest BCUT2D eigenvalue weighted by atomic mass is 16.5. The maximum atomic E-state index is 11.5. The number of aryl methyl sites for hydroxylation is 2. The van der Waals surface area contributed by atoms with Crippen molar-refractivity contribution >= 4 is 11.9 Å². The molecule has 0 amide bonds. The monoisotopic (exact) mass is 532 g/mol. The SMILES string of the molecule is COC(=O)c1cnc(-n2cc(C(C)(C)C)cn2)c(C)c1.Cc1cc(C(=O)O)cnc1-n1cc(C(C)(C)C)cn1. The second-order valence-corrected chi connectivity index (χ2v) is 11.4. The number of nitrogens with zero attached hydrogens (tertiary/aromatic N) is 6. The summed E-state index contributed by atoms with van der Waals surface area (Å²) in [6.07, 6.45) is 10.4. The van der Waals surface area contributed by atoms with Crippen LogP contribution in [0.3, 0.4) is 0 Å². The minimum atomic E-state index is -0.974. The minimum Gasteiger partial charge on any atom is -0.478 e. The van der Waals surface area contributed by atoms with Crippen LogP contribution in [0.1, 0.15) is 84.5 Å². The molecular formula is C29H36N6O4. The van der Waals surface area contributed by atoms with Crippen LogP contribution < -0.4 is 0 Å². The molecule has 0 bridgehead atoms. The molecule has 0 atom stereocenters. The second kappa shape index (κ2) is 11.2. The molecule has 0 fully saturated rings. The van der Waals surface area contributed by atoms with Crippen molar-refractivity contribution in [3.63, 3.8) is 0 Å². The summed E-state index contributed by atoms with van der Waals surface area (Å²) >= 11 is 0. The van der Waals surface area contributed by atoms with Gasteiger partial charge in [0.15, 0.2) is 11.6 Å². The van der Waals surface area contributed by atoms with Crippen molar-refractivity contribution in [1.82, 2.24) is 29.5 Å². The van der Waals surface area contributed by atoms with Crippen molar-refractivity contribution in [2.24, 2.45) is 0 Å². The molecule has 0 saturated heterocycles. The van der Waals surface area contributed by atoms with E-state index in [4.69, 9.17) is 5.11 Å². The van der Waals surface area contributed by atoms with Crippen molar-refractivity contribution in [1.29, 1.82) is 0 Å². The Morgan fingerprint density at radius 3 is 1.49 bits per heavy atom. The van der Waals surface area contributed by atoms with Gasteiger partial charge in [-0.3, -0.25) is 0 Å². The molecule has 0 aromatic carbocycles. The van der Waals surface area contributed by atoms with Crippen molar-refractivity contribution in [3.8, 4) is 11.6 Å². The molecule has 10 nitrogen and oxygen atoms in total. The third-order valence-corrected chi connectivity index (χ3v) is 6.10. The molecular weight excluding hydrogens is 496 g/mol. The number of hydrogen-bond donors (Lipinski definition) is 1. The lowest BCUT2D eigenvalue weighted by atomic mass is 9.90. The van der Waals surface area contributed by atoms with Crippen molar-refractivity contribution in [2.75, 3.05) is 7.11 Å². The molecule has 4 heterocycles. The first kappa shape index (κ1) is 29.2. The van der Waals surface area contributed by atoms with Gasteiger partial charge in [0.1, 0.15) is 0 Å². The van der Waals surface area contributed by atoms with E-state index in [1.165, 1.54) is 19.5 Å². The Morgan fingerprint density at radius 1 is 0.744 bits per heavy atom. The Morgan fingerprint density at radius 2 is 1.15 bits per heavy atom. The number of carbonyl (C=O) groups is 2. The molecule has 0 unspecified atom stereocenters. The van der Waals surface area contributed by atoms with Gasteiger partial charge in [-0.05, 0) is 59.1 Å². The van der Waals surface area contributed by atoms with Crippen LogP contribution in [0.4, 0.5) is 0 Å². The van der Waals surface area contributed by atoms with Gasteiger partial charge in [-0.15, -0.1) is 0 Å². The van der Waals surface area contributed by atoms with Crippen LogP contribution in [0, 0.1) is 13.8 Å². The lowest BCUT2D eigenvalue weighted by molar-refractivity contribution is 0.0599. The molecule has 0 saturated carbocycles. The number of carboxylic acids is 1. The number of carboxylic acid groups (broad SMARTS) is 1. The molecule has 0 radical (unpaired) electrons. The summed E-state index contributed by atoms with van der Waals surface area (Å²) in [7, 11) is 1.36. The van der Waals surface area contributed by atoms with E-state index in [0.717, 1.165) is 22.3 Å². The van der Waals surface area contributed by atoms with E-state index in [0.29, 0.717) is 17.2 Å². The van der Waals surface area contributed by atoms with E-state index in [1.54, 1.807) is 21.5 Å². The first-order chi connectivity index (χ1) is 18.1. The third-order valence-electron chi connectivity index (χ3n) is 6.10. The first-order valence-corrected chi connectivity index (χ1v) is 12.5. The molecule has 0 aliphatic carbocycles. The Labute approximate surface area is 228 Å².